The van der Waals surface area contributed by atoms with E-state index < -0.39 is 0 Å². The predicted molar refractivity (Wildman–Crippen MR) is 102 cm³/mol. The van der Waals surface area contributed by atoms with E-state index in [0.29, 0.717) is 0 Å². The van der Waals surface area contributed by atoms with Gasteiger partial charge in [0.15, 0.2) is 0 Å². The van der Waals surface area contributed by atoms with Gasteiger partial charge in [0.2, 0.25) is 0 Å². The highest BCUT2D eigenvalue weighted by atomic mass is 15.2. The van der Waals surface area contributed by atoms with Crippen LogP contribution in [0.15, 0.2) is 54.6 Å². The smallest absolute Gasteiger partial charge is 0.0237 e. The lowest BCUT2D eigenvalue weighted by atomic mass is 10.1. The highest BCUT2D eigenvalue weighted by Crippen LogP contribution is 2.19. The number of likely N-dealkylation sites (tertiary alicyclic amines) is 1. The second kappa shape index (κ2) is 8.46. The molecule has 2 aromatic carbocycles. The van der Waals surface area contributed by atoms with E-state index in [1.54, 1.807) is 0 Å². The Hall–Kier alpha value is -1.64. The summed E-state index contributed by atoms with van der Waals surface area (Å²) in [5.74, 6) is 0. The number of hydrogen-bond acceptors (Lipinski definition) is 2. The van der Waals surface area contributed by atoms with Gasteiger partial charge in [-0.3, -0.25) is 4.90 Å². The number of rotatable bonds is 7. The molecule has 2 nitrogen and oxygen atoms in total. The zero-order valence-electron chi connectivity index (χ0n) is 15.1. The van der Waals surface area contributed by atoms with E-state index in [2.05, 4.69) is 78.4 Å². The van der Waals surface area contributed by atoms with E-state index in [1.807, 2.05) is 0 Å². The fourth-order valence-electron chi connectivity index (χ4n) is 3.80. The third-order valence-electron chi connectivity index (χ3n) is 5.19. The lowest BCUT2D eigenvalue weighted by Crippen LogP contribution is -2.31. The molecule has 0 amide bonds. The Balaban J connectivity index is 1.65. The quantitative estimate of drug-likeness (QED) is 0.741. The third kappa shape index (κ3) is 4.93. The summed E-state index contributed by atoms with van der Waals surface area (Å²) in [6.07, 6.45) is 3.99. The third-order valence-corrected chi connectivity index (χ3v) is 5.19. The average Bonchev–Trinajstić information content (AvgIpc) is 2.99. The summed E-state index contributed by atoms with van der Waals surface area (Å²) in [6, 6.07) is 20.6. The van der Waals surface area contributed by atoms with Gasteiger partial charge in [-0.1, -0.05) is 60.2 Å². The van der Waals surface area contributed by atoms with Crippen molar-refractivity contribution < 1.29 is 0 Å². The van der Waals surface area contributed by atoms with Gasteiger partial charge in [-0.05, 0) is 50.9 Å². The Morgan fingerprint density at radius 3 is 2.46 bits per heavy atom. The van der Waals surface area contributed by atoms with Crippen LogP contribution in [0.5, 0.6) is 0 Å². The first-order valence-electron chi connectivity index (χ1n) is 9.23. The van der Waals surface area contributed by atoms with Crippen LogP contribution in [-0.2, 0) is 13.1 Å². The maximum Gasteiger partial charge on any atom is 0.0237 e. The van der Waals surface area contributed by atoms with Crippen LogP contribution in [-0.4, -0.2) is 36.0 Å². The summed E-state index contributed by atoms with van der Waals surface area (Å²) in [4.78, 5) is 5.14. The molecule has 1 atom stereocenters. The van der Waals surface area contributed by atoms with Gasteiger partial charge < -0.3 is 4.90 Å². The summed E-state index contributed by atoms with van der Waals surface area (Å²) in [5, 5.41) is 0. The summed E-state index contributed by atoms with van der Waals surface area (Å²) < 4.78 is 0. The molecule has 0 saturated carbocycles. The summed E-state index contributed by atoms with van der Waals surface area (Å²) in [7, 11) is 2.28. The van der Waals surface area contributed by atoms with Gasteiger partial charge in [-0.25, -0.2) is 0 Å². The van der Waals surface area contributed by atoms with E-state index in [4.69, 9.17) is 0 Å². The zero-order valence-corrected chi connectivity index (χ0v) is 15.1. The first-order chi connectivity index (χ1) is 11.7. The molecular formula is C22H30N2. The molecule has 0 N–H and O–H groups in total. The van der Waals surface area contributed by atoms with E-state index >= 15 is 0 Å². The molecule has 0 spiro atoms. The largest absolute Gasteiger partial charge is 0.303 e. The van der Waals surface area contributed by atoms with Crippen molar-refractivity contribution in [2.45, 2.75) is 45.3 Å². The Morgan fingerprint density at radius 2 is 1.75 bits per heavy atom. The average molecular weight is 322 g/mol. The van der Waals surface area contributed by atoms with Crippen molar-refractivity contribution in [2.24, 2.45) is 0 Å². The highest BCUT2D eigenvalue weighted by Gasteiger charge is 2.21. The molecule has 1 saturated heterocycles. The SMILES string of the molecule is Cc1cccc(CN(CCC2CCCN2C)Cc2ccccc2)c1. The Bertz CT molecular complexity index is 623. The van der Waals surface area contributed by atoms with Crippen molar-refractivity contribution in [3.05, 3.63) is 71.3 Å². The van der Waals surface area contributed by atoms with Gasteiger partial charge in [-0.2, -0.15) is 0 Å². The minimum atomic E-state index is 0.765. The zero-order chi connectivity index (χ0) is 16.8. The van der Waals surface area contributed by atoms with Crippen LogP contribution in [0.4, 0.5) is 0 Å². The normalized spacial score (nSPS) is 18.4. The van der Waals surface area contributed by atoms with Gasteiger partial charge in [0.05, 0.1) is 0 Å². The fourth-order valence-corrected chi connectivity index (χ4v) is 3.80. The van der Waals surface area contributed by atoms with Crippen LogP contribution in [0.2, 0.25) is 0 Å². The van der Waals surface area contributed by atoms with Gasteiger partial charge >= 0.3 is 0 Å². The summed E-state index contributed by atoms with van der Waals surface area (Å²) >= 11 is 0. The lowest BCUT2D eigenvalue weighted by Gasteiger charge is -2.26. The molecule has 3 rings (SSSR count). The Kier molecular flexibility index (Phi) is 6.06. The van der Waals surface area contributed by atoms with Crippen LogP contribution in [0, 0.1) is 6.92 Å². The molecule has 2 heteroatoms. The van der Waals surface area contributed by atoms with Crippen molar-refractivity contribution in [3.8, 4) is 0 Å². The van der Waals surface area contributed by atoms with E-state index in [9.17, 15) is 0 Å². The van der Waals surface area contributed by atoms with Gasteiger partial charge in [-0.15, -0.1) is 0 Å². The Morgan fingerprint density at radius 1 is 1.00 bits per heavy atom. The highest BCUT2D eigenvalue weighted by molar-refractivity contribution is 5.22. The van der Waals surface area contributed by atoms with E-state index in [0.717, 1.165) is 25.7 Å². The minimum absolute atomic E-state index is 0.765. The monoisotopic (exact) mass is 322 g/mol. The van der Waals surface area contributed by atoms with Crippen molar-refractivity contribution in [2.75, 3.05) is 20.1 Å². The van der Waals surface area contributed by atoms with Gasteiger partial charge in [0.25, 0.3) is 0 Å². The van der Waals surface area contributed by atoms with Crippen LogP contribution < -0.4 is 0 Å². The molecule has 24 heavy (non-hydrogen) atoms. The molecule has 0 aliphatic carbocycles. The molecule has 1 aliphatic rings. The first kappa shape index (κ1) is 17.2. The molecule has 2 aromatic rings. The van der Waals surface area contributed by atoms with Crippen molar-refractivity contribution in [1.82, 2.24) is 9.80 Å². The standard InChI is InChI=1S/C22H30N2/c1-19-8-6-11-21(16-19)18-24(17-20-9-4-3-5-10-20)15-13-22-12-7-14-23(22)2/h3-6,8-11,16,22H,7,12-15,17-18H2,1-2H3. The number of nitrogens with zero attached hydrogens (tertiary/aromatic N) is 2. The van der Waals surface area contributed by atoms with Crippen LogP contribution in [0.1, 0.15) is 36.0 Å². The maximum absolute atomic E-state index is 2.61. The van der Waals surface area contributed by atoms with Gasteiger partial charge in [0, 0.05) is 25.7 Å². The molecule has 0 radical (unpaired) electrons. The number of hydrogen-bond donors (Lipinski definition) is 0. The van der Waals surface area contributed by atoms with Gasteiger partial charge in [0.1, 0.15) is 0 Å². The summed E-state index contributed by atoms with van der Waals surface area (Å²) in [5.41, 5.74) is 4.18. The number of aryl methyl sites for hydroxylation is 1. The molecule has 0 aromatic heterocycles. The molecule has 128 valence electrons. The predicted octanol–water partition coefficient (Wildman–Crippen LogP) is 4.48. The van der Waals surface area contributed by atoms with Crippen molar-refractivity contribution >= 4 is 0 Å². The van der Waals surface area contributed by atoms with E-state index in [-0.39, 0.29) is 0 Å². The molecule has 1 aliphatic heterocycles. The molecular weight excluding hydrogens is 292 g/mol. The van der Waals surface area contributed by atoms with Crippen molar-refractivity contribution in [1.29, 1.82) is 0 Å². The summed E-state index contributed by atoms with van der Waals surface area (Å²) in [6.45, 7) is 6.68. The lowest BCUT2D eigenvalue weighted by molar-refractivity contribution is 0.211. The molecule has 1 fully saturated rings. The fraction of sp³-hybridized carbons (Fsp3) is 0.455. The minimum Gasteiger partial charge on any atom is -0.303 e. The topological polar surface area (TPSA) is 6.48 Å². The molecule has 1 heterocycles. The maximum atomic E-state index is 2.61. The number of benzene rings is 2. The van der Waals surface area contributed by atoms with Crippen molar-refractivity contribution in [3.63, 3.8) is 0 Å². The second-order valence-electron chi connectivity index (χ2n) is 7.25. The van der Waals surface area contributed by atoms with Crippen LogP contribution in [0.3, 0.4) is 0 Å². The molecule has 1 unspecified atom stereocenters. The first-order valence-corrected chi connectivity index (χ1v) is 9.23. The Labute approximate surface area is 147 Å². The second-order valence-corrected chi connectivity index (χ2v) is 7.25. The van der Waals surface area contributed by atoms with Crippen LogP contribution in [0.25, 0.3) is 0 Å². The molecule has 0 bridgehead atoms. The van der Waals surface area contributed by atoms with Crippen LogP contribution >= 0.6 is 0 Å². The van der Waals surface area contributed by atoms with E-state index in [1.165, 1.54) is 42.5 Å².